The Labute approximate surface area is 178 Å². The molecule has 0 aliphatic carbocycles. The number of rotatable bonds is 8. The van der Waals surface area contributed by atoms with Gasteiger partial charge in [-0.3, -0.25) is 0 Å². The highest BCUT2D eigenvalue weighted by molar-refractivity contribution is 9.10. The highest BCUT2D eigenvalue weighted by Crippen LogP contribution is 2.22. The minimum Gasteiger partial charge on any atom is -0.492 e. The van der Waals surface area contributed by atoms with E-state index in [-0.39, 0.29) is 24.6 Å². The summed E-state index contributed by atoms with van der Waals surface area (Å²) in [4.78, 5) is 0.166. The predicted octanol–water partition coefficient (Wildman–Crippen LogP) is 5.37. The second-order valence-electron chi connectivity index (χ2n) is 6.08. The maximum Gasteiger partial charge on any atom is 0.243 e. The zero-order valence-corrected chi connectivity index (χ0v) is 18.1. The van der Waals surface area contributed by atoms with E-state index in [0.29, 0.717) is 10.8 Å². The predicted molar refractivity (Wildman–Crippen MR) is 115 cm³/mol. The van der Waals surface area contributed by atoms with E-state index in [0.717, 1.165) is 10.0 Å². The van der Waals surface area contributed by atoms with Crippen molar-refractivity contribution < 1.29 is 13.2 Å². The van der Waals surface area contributed by atoms with Crippen molar-refractivity contribution in [3.63, 3.8) is 0 Å². The van der Waals surface area contributed by atoms with E-state index >= 15 is 0 Å². The highest BCUT2D eigenvalue weighted by atomic mass is 79.9. The van der Waals surface area contributed by atoms with Gasteiger partial charge in [0, 0.05) is 22.6 Å². The zero-order valence-electron chi connectivity index (χ0n) is 15.0. The SMILES string of the molecule is O=S(=O)(c1cccc(Cl)c1)N(CCOc1ccc(Br)cc1)Cc1ccccc1. The monoisotopic (exact) mass is 479 g/mol. The molecule has 4 nitrogen and oxygen atoms in total. The molecule has 0 amide bonds. The molecule has 0 atom stereocenters. The summed E-state index contributed by atoms with van der Waals surface area (Å²) in [5, 5.41) is 0.381. The van der Waals surface area contributed by atoms with Crippen LogP contribution in [0, 0.1) is 0 Å². The Balaban J connectivity index is 1.79. The largest absolute Gasteiger partial charge is 0.492 e. The number of hydrogen-bond donors (Lipinski definition) is 0. The summed E-state index contributed by atoms with van der Waals surface area (Å²) in [5.74, 6) is 0.683. The van der Waals surface area contributed by atoms with Gasteiger partial charge < -0.3 is 4.74 Å². The van der Waals surface area contributed by atoms with Crippen LogP contribution >= 0.6 is 27.5 Å². The number of halogens is 2. The Morgan fingerprint density at radius 3 is 2.32 bits per heavy atom. The van der Waals surface area contributed by atoms with Gasteiger partial charge in [-0.05, 0) is 48.0 Å². The van der Waals surface area contributed by atoms with Gasteiger partial charge in [0.15, 0.2) is 0 Å². The first-order chi connectivity index (χ1) is 13.4. The summed E-state index contributed by atoms with van der Waals surface area (Å²) in [7, 11) is -3.72. The van der Waals surface area contributed by atoms with Crippen molar-refractivity contribution in [3.8, 4) is 5.75 Å². The van der Waals surface area contributed by atoms with Gasteiger partial charge in [0.1, 0.15) is 12.4 Å². The fraction of sp³-hybridized carbons (Fsp3) is 0.143. The highest BCUT2D eigenvalue weighted by Gasteiger charge is 2.25. The van der Waals surface area contributed by atoms with E-state index in [1.807, 2.05) is 54.6 Å². The molecule has 0 aliphatic heterocycles. The van der Waals surface area contributed by atoms with Crippen molar-refractivity contribution in [2.75, 3.05) is 13.2 Å². The first kappa shape index (κ1) is 20.9. The van der Waals surface area contributed by atoms with E-state index in [2.05, 4.69) is 15.9 Å². The number of ether oxygens (including phenoxy) is 1. The van der Waals surface area contributed by atoms with Crippen LogP contribution in [0.3, 0.4) is 0 Å². The van der Waals surface area contributed by atoms with Gasteiger partial charge in [0.05, 0.1) is 4.90 Å². The molecule has 28 heavy (non-hydrogen) atoms. The zero-order chi connectivity index (χ0) is 20.0. The maximum atomic E-state index is 13.2. The van der Waals surface area contributed by atoms with Gasteiger partial charge in [-0.25, -0.2) is 8.42 Å². The number of hydrogen-bond acceptors (Lipinski definition) is 3. The van der Waals surface area contributed by atoms with Gasteiger partial charge >= 0.3 is 0 Å². The van der Waals surface area contributed by atoms with Crippen LogP contribution in [0.5, 0.6) is 5.75 Å². The molecular formula is C21H19BrClNO3S. The molecule has 0 radical (unpaired) electrons. The van der Waals surface area contributed by atoms with Crippen LogP contribution in [-0.2, 0) is 16.6 Å². The molecule has 146 valence electrons. The average Bonchev–Trinajstić information content (AvgIpc) is 2.69. The van der Waals surface area contributed by atoms with Crippen molar-refractivity contribution >= 4 is 37.6 Å². The second kappa shape index (κ2) is 9.56. The van der Waals surface area contributed by atoms with Gasteiger partial charge in [-0.2, -0.15) is 4.31 Å². The normalized spacial score (nSPS) is 11.5. The summed E-state index contributed by atoms with van der Waals surface area (Å²) in [6.07, 6.45) is 0. The van der Waals surface area contributed by atoms with Crippen LogP contribution in [-0.4, -0.2) is 25.9 Å². The molecule has 0 aliphatic rings. The molecule has 0 fully saturated rings. The lowest BCUT2D eigenvalue weighted by Crippen LogP contribution is -2.34. The second-order valence-corrected chi connectivity index (χ2v) is 9.37. The minimum absolute atomic E-state index is 0.166. The molecule has 0 heterocycles. The Hall–Kier alpha value is -1.86. The lowest BCUT2D eigenvalue weighted by molar-refractivity contribution is 0.269. The number of benzene rings is 3. The smallest absolute Gasteiger partial charge is 0.243 e. The van der Waals surface area contributed by atoms with Crippen molar-refractivity contribution in [1.82, 2.24) is 4.31 Å². The first-order valence-electron chi connectivity index (χ1n) is 8.63. The fourth-order valence-corrected chi connectivity index (χ4v) is 4.62. The molecule has 7 heteroatoms. The summed E-state index contributed by atoms with van der Waals surface area (Å²) >= 11 is 9.38. The molecular weight excluding hydrogens is 462 g/mol. The molecule has 0 saturated heterocycles. The van der Waals surface area contributed by atoms with Crippen LogP contribution in [0.2, 0.25) is 5.02 Å². The van der Waals surface area contributed by atoms with Crippen LogP contribution in [0.4, 0.5) is 0 Å². The van der Waals surface area contributed by atoms with E-state index in [1.165, 1.54) is 10.4 Å². The van der Waals surface area contributed by atoms with Crippen molar-refractivity contribution in [3.05, 3.63) is 93.9 Å². The first-order valence-corrected chi connectivity index (χ1v) is 11.2. The summed E-state index contributed by atoms with van der Waals surface area (Å²) in [6.45, 7) is 0.688. The Morgan fingerprint density at radius 2 is 1.64 bits per heavy atom. The molecule has 3 aromatic rings. The molecule has 0 saturated carbocycles. The number of nitrogens with zero attached hydrogens (tertiary/aromatic N) is 1. The van der Waals surface area contributed by atoms with Crippen LogP contribution < -0.4 is 4.74 Å². The third-order valence-electron chi connectivity index (χ3n) is 4.06. The standard InChI is InChI=1S/C21H19BrClNO3S/c22-18-9-11-20(12-10-18)27-14-13-24(16-17-5-2-1-3-6-17)28(25,26)21-8-4-7-19(23)15-21/h1-12,15H,13-14,16H2. The van der Waals surface area contributed by atoms with E-state index in [1.54, 1.807) is 18.2 Å². The van der Waals surface area contributed by atoms with E-state index in [9.17, 15) is 8.42 Å². The van der Waals surface area contributed by atoms with Crippen LogP contribution in [0.1, 0.15) is 5.56 Å². The van der Waals surface area contributed by atoms with Gasteiger partial charge in [-0.1, -0.05) is 63.9 Å². The summed E-state index contributed by atoms with van der Waals surface area (Å²) in [6, 6.07) is 23.2. The molecule has 3 aromatic carbocycles. The van der Waals surface area contributed by atoms with Crippen molar-refractivity contribution in [1.29, 1.82) is 0 Å². The summed E-state index contributed by atoms with van der Waals surface area (Å²) < 4.78 is 34.5. The Bertz CT molecular complexity index is 1010. The van der Waals surface area contributed by atoms with E-state index < -0.39 is 10.0 Å². The lowest BCUT2D eigenvalue weighted by atomic mass is 10.2. The molecule has 0 bridgehead atoms. The van der Waals surface area contributed by atoms with Gasteiger partial charge in [0.25, 0.3) is 0 Å². The average molecular weight is 481 g/mol. The third-order valence-corrected chi connectivity index (χ3v) is 6.66. The van der Waals surface area contributed by atoms with Gasteiger partial charge in [-0.15, -0.1) is 0 Å². The number of sulfonamides is 1. The Kier molecular flexibility index (Phi) is 7.13. The molecule has 0 unspecified atom stereocenters. The van der Waals surface area contributed by atoms with Crippen LogP contribution in [0.15, 0.2) is 88.2 Å². The molecule has 0 aromatic heterocycles. The fourth-order valence-electron chi connectivity index (χ4n) is 2.64. The molecule has 0 spiro atoms. The minimum atomic E-state index is -3.72. The van der Waals surface area contributed by atoms with Crippen molar-refractivity contribution in [2.24, 2.45) is 0 Å². The van der Waals surface area contributed by atoms with Crippen LogP contribution in [0.25, 0.3) is 0 Å². The summed E-state index contributed by atoms with van der Waals surface area (Å²) in [5.41, 5.74) is 0.900. The lowest BCUT2D eigenvalue weighted by Gasteiger charge is -2.22. The van der Waals surface area contributed by atoms with E-state index in [4.69, 9.17) is 16.3 Å². The quantitative estimate of drug-likeness (QED) is 0.435. The topological polar surface area (TPSA) is 46.6 Å². The maximum absolute atomic E-state index is 13.2. The Morgan fingerprint density at radius 1 is 0.929 bits per heavy atom. The third kappa shape index (κ3) is 5.58. The molecule has 0 N–H and O–H groups in total. The van der Waals surface area contributed by atoms with Gasteiger partial charge in [0.2, 0.25) is 10.0 Å². The van der Waals surface area contributed by atoms with Crippen molar-refractivity contribution in [2.45, 2.75) is 11.4 Å². The molecule has 3 rings (SSSR count).